The molecule has 0 radical (unpaired) electrons. The van der Waals surface area contributed by atoms with Gasteiger partial charge in [-0.2, -0.15) is 0 Å². The van der Waals surface area contributed by atoms with Gasteiger partial charge in [-0.3, -0.25) is 4.79 Å². The zero-order valence-corrected chi connectivity index (χ0v) is 25.8. The summed E-state index contributed by atoms with van der Waals surface area (Å²) in [5, 5.41) is 0. The molecule has 41 heavy (non-hydrogen) atoms. The third kappa shape index (κ3) is 7.16. The SMILES string of the molecule is Cc1ccc([C@H]2CC[C@H](CCc3ncnc(C(=O)N4CCC(N5CCC(N(C)S(C)(=O)=O)CC5)CC4)c3C)O2)cc1. The molecule has 0 saturated carbocycles. The number of likely N-dealkylation sites (tertiary alicyclic amines) is 2. The number of nitrogens with zero attached hydrogens (tertiary/aromatic N) is 5. The molecule has 3 fully saturated rings. The van der Waals surface area contributed by atoms with E-state index in [2.05, 4.69) is 46.1 Å². The second kappa shape index (κ2) is 12.9. The van der Waals surface area contributed by atoms with Gasteiger partial charge in [0.2, 0.25) is 10.0 Å². The minimum atomic E-state index is -3.16. The van der Waals surface area contributed by atoms with E-state index in [1.165, 1.54) is 28.0 Å². The first-order chi connectivity index (χ1) is 19.6. The Hall–Kier alpha value is -2.40. The Morgan fingerprint density at radius 2 is 1.66 bits per heavy atom. The molecule has 0 N–H and O–H groups in total. The molecular formula is C31H45N5O4S. The van der Waals surface area contributed by atoms with Crippen LogP contribution >= 0.6 is 0 Å². The number of aryl methyl sites for hydroxylation is 2. The predicted octanol–water partition coefficient (Wildman–Crippen LogP) is 3.91. The van der Waals surface area contributed by atoms with Crippen LogP contribution in [0.2, 0.25) is 0 Å². The summed E-state index contributed by atoms with van der Waals surface area (Å²) in [6.07, 6.45) is 10.5. The van der Waals surface area contributed by atoms with Crippen LogP contribution in [0.3, 0.4) is 0 Å². The third-order valence-electron chi connectivity index (χ3n) is 9.46. The van der Waals surface area contributed by atoms with E-state index in [0.29, 0.717) is 24.8 Å². The molecule has 2 aromatic rings. The second-order valence-corrected chi connectivity index (χ2v) is 14.2. The first-order valence-electron chi connectivity index (χ1n) is 15.1. The fraction of sp³-hybridized carbons (Fsp3) is 0.645. The lowest BCUT2D eigenvalue weighted by atomic mass is 9.97. The van der Waals surface area contributed by atoms with E-state index in [0.717, 1.165) is 75.7 Å². The van der Waals surface area contributed by atoms with Crippen molar-refractivity contribution in [3.05, 3.63) is 58.7 Å². The van der Waals surface area contributed by atoms with E-state index in [1.807, 2.05) is 11.8 Å². The number of benzene rings is 1. The molecular weight excluding hydrogens is 538 g/mol. The van der Waals surface area contributed by atoms with Crippen molar-refractivity contribution in [2.24, 2.45) is 0 Å². The summed E-state index contributed by atoms with van der Waals surface area (Å²) >= 11 is 0. The zero-order valence-electron chi connectivity index (χ0n) is 25.0. The van der Waals surface area contributed by atoms with Crippen molar-refractivity contribution in [2.75, 3.05) is 39.5 Å². The zero-order chi connectivity index (χ0) is 29.1. The number of sulfonamides is 1. The number of ether oxygens (including phenoxy) is 1. The summed E-state index contributed by atoms with van der Waals surface area (Å²) in [4.78, 5) is 26.9. The normalized spacial score (nSPS) is 23.4. The quantitative estimate of drug-likeness (QED) is 0.465. The monoisotopic (exact) mass is 583 g/mol. The van der Waals surface area contributed by atoms with Crippen LogP contribution in [0.4, 0.5) is 0 Å². The summed E-state index contributed by atoms with van der Waals surface area (Å²) in [5.74, 6) is -0.00497. The minimum absolute atomic E-state index is 0.00497. The van der Waals surface area contributed by atoms with Gasteiger partial charge in [0.15, 0.2) is 0 Å². The lowest BCUT2D eigenvalue weighted by Crippen LogP contribution is -2.52. The van der Waals surface area contributed by atoms with E-state index in [4.69, 9.17) is 4.74 Å². The van der Waals surface area contributed by atoms with Crippen LogP contribution in [0.15, 0.2) is 30.6 Å². The topological polar surface area (TPSA) is 95.9 Å². The van der Waals surface area contributed by atoms with Gasteiger partial charge in [-0.25, -0.2) is 22.7 Å². The molecule has 2 atom stereocenters. The van der Waals surface area contributed by atoms with E-state index >= 15 is 0 Å². The second-order valence-electron chi connectivity index (χ2n) is 12.1. The molecule has 1 aromatic heterocycles. The number of aromatic nitrogens is 2. The lowest BCUT2D eigenvalue weighted by molar-refractivity contribution is 0.0400. The van der Waals surface area contributed by atoms with Crippen molar-refractivity contribution < 1.29 is 17.9 Å². The largest absolute Gasteiger partial charge is 0.370 e. The molecule has 5 rings (SSSR count). The van der Waals surface area contributed by atoms with Gasteiger partial charge in [0.1, 0.15) is 12.0 Å². The molecule has 9 nitrogen and oxygen atoms in total. The summed E-state index contributed by atoms with van der Waals surface area (Å²) in [5.41, 5.74) is 4.83. The van der Waals surface area contributed by atoms with Crippen molar-refractivity contribution >= 4 is 15.9 Å². The molecule has 0 bridgehead atoms. The number of hydrogen-bond donors (Lipinski definition) is 0. The third-order valence-corrected chi connectivity index (χ3v) is 10.8. The maximum atomic E-state index is 13.5. The lowest BCUT2D eigenvalue weighted by Gasteiger charge is -2.43. The number of piperidine rings is 2. The Bertz CT molecular complexity index is 1300. The van der Waals surface area contributed by atoms with Crippen LogP contribution in [0.5, 0.6) is 0 Å². The molecule has 1 aromatic carbocycles. The Morgan fingerprint density at radius 1 is 0.976 bits per heavy atom. The van der Waals surface area contributed by atoms with Crippen molar-refractivity contribution in [3.63, 3.8) is 0 Å². The highest BCUT2D eigenvalue weighted by molar-refractivity contribution is 7.88. The molecule has 224 valence electrons. The highest BCUT2D eigenvalue weighted by Crippen LogP contribution is 2.34. The predicted molar refractivity (Wildman–Crippen MR) is 159 cm³/mol. The fourth-order valence-corrected chi connectivity index (χ4v) is 7.42. The summed E-state index contributed by atoms with van der Waals surface area (Å²) in [7, 11) is -1.48. The molecule has 0 aliphatic carbocycles. The average Bonchev–Trinajstić information content (AvgIpc) is 3.45. The number of amides is 1. The molecule has 3 aliphatic rings. The highest BCUT2D eigenvalue weighted by Gasteiger charge is 2.33. The molecule has 0 unspecified atom stereocenters. The van der Waals surface area contributed by atoms with E-state index in [9.17, 15) is 13.2 Å². The molecule has 4 heterocycles. The van der Waals surface area contributed by atoms with Crippen LogP contribution in [-0.2, 0) is 21.2 Å². The Kier molecular flexibility index (Phi) is 9.43. The van der Waals surface area contributed by atoms with Gasteiger partial charge in [-0.05, 0) is 83.9 Å². The Balaban J connectivity index is 1.10. The maximum Gasteiger partial charge on any atom is 0.272 e. The van der Waals surface area contributed by atoms with Crippen molar-refractivity contribution in [1.82, 2.24) is 24.1 Å². The fourth-order valence-electron chi connectivity index (χ4n) is 6.67. The molecule has 3 aliphatic heterocycles. The van der Waals surface area contributed by atoms with Crippen molar-refractivity contribution in [2.45, 2.75) is 89.5 Å². The minimum Gasteiger partial charge on any atom is -0.370 e. The smallest absolute Gasteiger partial charge is 0.272 e. The molecule has 0 spiro atoms. The highest BCUT2D eigenvalue weighted by atomic mass is 32.2. The van der Waals surface area contributed by atoms with Gasteiger partial charge in [0.05, 0.1) is 18.5 Å². The van der Waals surface area contributed by atoms with Crippen molar-refractivity contribution in [3.8, 4) is 0 Å². The van der Waals surface area contributed by atoms with Gasteiger partial charge in [-0.15, -0.1) is 0 Å². The Morgan fingerprint density at radius 3 is 2.32 bits per heavy atom. The Labute approximate surface area is 245 Å². The number of hydrogen-bond acceptors (Lipinski definition) is 7. The maximum absolute atomic E-state index is 13.5. The first kappa shape index (κ1) is 30.1. The molecule has 3 saturated heterocycles. The van der Waals surface area contributed by atoms with Crippen LogP contribution < -0.4 is 0 Å². The summed E-state index contributed by atoms with van der Waals surface area (Å²) < 4.78 is 31.7. The summed E-state index contributed by atoms with van der Waals surface area (Å²) in [6.45, 7) is 7.28. The summed E-state index contributed by atoms with van der Waals surface area (Å²) in [6, 6.07) is 9.12. The van der Waals surface area contributed by atoms with Crippen molar-refractivity contribution in [1.29, 1.82) is 0 Å². The standard InChI is InChI=1S/C31H45N5O4S/c1-22-5-7-24(8-6-22)29-12-10-27(40-29)9-11-28-23(2)30(33-21-32-28)31(37)36-19-15-26(16-20-36)35-17-13-25(14-18-35)34(3)41(4,38)39/h5-8,21,25-27,29H,9-20H2,1-4H3/t27-,29+/m0/s1. The van der Waals surface area contributed by atoms with Crippen LogP contribution in [0.25, 0.3) is 0 Å². The first-order valence-corrected chi connectivity index (χ1v) is 16.9. The van der Waals surface area contributed by atoms with Gasteiger partial charge in [0, 0.05) is 43.5 Å². The number of carbonyl (C=O) groups excluding carboxylic acids is 1. The number of carbonyl (C=O) groups is 1. The average molecular weight is 584 g/mol. The van der Waals surface area contributed by atoms with Gasteiger partial charge < -0.3 is 14.5 Å². The number of rotatable bonds is 8. The van der Waals surface area contributed by atoms with Gasteiger partial charge >= 0.3 is 0 Å². The molecule has 10 heteroatoms. The van der Waals surface area contributed by atoms with Gasteiger partial charge in [-0.1, -0.05) is 29.8 Å². The van der Waals surface area contributed by atoms with Gasteiger partial charge in [0.25, 0.3) is 5.91 Å². The van der Waals surface area contributed by atoms with E-state index < -0.39 is 10.0 Å². The molecule has 1 amide bonds. The van der Waals surface area contributed by atoms with E-state index in [-0.39, 0.29) is 24.2 Å². The van der Waals surface area contributed by atoms with Crippen LogP contribution in [-0.4, -0.2) is 96.1 Å². The van der Waals surface area contributed by atoms with E-state index in [1.54, 1.807) is 7.05 Å². The van der Waals surface area contributed by atoms with Crippen LogP contribution in [0, 0.1) is 13.8 Å². The van der Waals surface area contributed by atoms with Crippen LogP contribution in [0.1, 0.15) is 83.9 Å².